The summed E-state index contributed by atoms with van der Waals surface area (Å²) in [6.07, 6.45) is 2.85. The number of carbonyl (C=O) groups is 2. The van der Waals surface area contributed by atoms with Gasteiger partial charge in [-0.25, -0.2) is 8.42 Å². The van der Waals surface area contributed by atoms with E-state index >= 15 is 0 Å². The number of fused-ring (bicyclic) bond motifs is 1. The zero-order valence-electron chi connectivity index (χ0n) is 21.2. The van der Waals surface area contributed by atoms with E-state index in [9.17, 15) is 18.0 Å². The van der Waals surface area contributed by atoms with Gasteiger partial charge in [-0.1, -0.05) is 80.6 Å². The molecule has 0 bridgehead atoms. The molecule has 0 aliphatic heterocycles. The molecule has 0 fully saturated rings. The Hall–Kier alpha value is -3.39. The summed E-state index contributed by atoms with van der Waals surface area (Å²) < 4.78 is 26.9. The molecule has 0 saturated heterocycles. The molecule has 0 aliphatic carbocycles. The van der Waals surface area contributed by atoms with Crippen LogP contribution in [-0.4, -0.2) is 57.1 Å². The Morgan fingerprint density at radius 1 is 0.917 bits per heavy atom. The van der Waals surface area contributed by atoms with Gasteiger partial charge in [-0.05, 0) is 36.3 Å². The summed E-state index contributed by atoms with van der Waals surface area (Å²) in [6, 6.07) is 21.9. The van der Waals surface area contributed by atoms with Crippen molar-refractivity contribution in [2.24, 2.45) is 0 Å². The van der Waals surface area contributed by atoms with E-state index in [0.717, 1.165) is 33.3 Å². The normalized spacial score (nSPS) is 12.2. The second-order valence-corrected chi connectivity index (χ2v) is 10.7. The first-order valence-electron chi connectivity index (χ1n) is 12.3. The molecule has 0 aliphatic rings. The molecule has 3 aromatic rings. The van der Waals surface area contributed by atoms with Crippen molar-refractivity contribution in [2.45, 2.75) is 39.2 Å². The second kappa shape index (κ2) is 12.5. The summed E-state index contributed by atoms with van der Waals surface area (Å²) in [7, 11) is -3.79. The number of amides is 2. The topological polar surface area (TPSA) is 86.8 Å². The Morgan fingerprint density at radius 2 is 1.58 bits per heavy atom. The number of carbonyl (C=O) groups excluding carboxylic acids is 2. The number of sulfonamides is 1. The van der Waals surface area contributed by atoms with Crippen LogP contribution in [-0.2, 0) is 26.0 Å². The van der Waals surface area contributed by atoms with Crippen LogP contribution in [0.15, 0.2) is 72.8 Å². The van der Waals surface area contributed by atoms with Crippen LogP contribution in [0.5, 0.6) is 0 Å². The van der Waals surface area contributed by atoms with Crippen LogP contribution in [0, 0.1) is 0 Å². The van der Waals surface area contributed by atoms with Crippen LogP contribution in [0.1, 0.15) is 32.3 Å². The summed E-state index contributed by atoms with van der Waals surface area (Å²) in [5, 5.41) is 4.51. The van der Waals surface area contributed by atoms with E-state index in [1.165, 1.54) is 4.90 Å². The number of rotatable bonds is 12. The van der Waals surface area contributed by atoms with E-state index in [0.29, 0.717) is 31.6 Å². The minimum Gasteiger partial charge on any atom is -0.354 e. The molecule has 7 nitrogen and oxygen atoms in total. The highest BCUT2D eigenvalue weighted by atomic mass is 32.2. The van der Waals surface area contributed by atoms with Crippen LogP contribution < -0.4 is 9.62 Å². The molecule has 2 amide bonds. The Kier molecular flexibility index (Phi) is 9.47. The fourth-order valence-electron chi connectivity index (χ4n) is 4.28. The largest absolute Gasteiger partial charge is 0.354 e. The zero-order valence-corrected chi connectivity index (χ0v) is 22.0. The van der Waals surface area contributed by atoms with Gasteiger partial charge in [-0.15, -0.1) is 0 Å². The molecule has 1 atom stereocenters. The monoisotopic (exact) mass is 509 g/mol. The average molecular weight is 510 g/mol. The molecule has 36 heavy (non-hydrogen) atoms. The van der Waals surface area contributed by atoms with Gasteiger partial charge in [-0.2, -0.15) is 0 Å². The number of nitrogens with one attached hydrogen (secondary N) is 1. The van der Waals surface area contributed by atoms with Gasteiger partial charge in [0, 0.05) is 18.5 Å². The van der Waals surface area contributed by atoms with Crippen LogP contribution in [0.3, 0.4) is 0 Å². The lowest BCUT2D eigenvalue weighted by Crippen LogP contribution is -2.53. The van der Waals surface area contributed by atoms with Crippen LogP contribution in [0.25, 0.3) is 10.8 Å². The maximum atomic E-state index is 13.7. The predicted molar refractivity (Wildman–Crippen MR) is 145 cm³/mol. The van der Waals surface area contributed by atoms with Crippen molar-refractivity contribution in [1.29, 1.82) is 0 Å². The Balaban J connectivity index is 1.95. The molecule has 1 N–H and O–H groups in total. The predicted octanol–water partition coefficient (Wildman–Crippen LogP) is 3.98. The lowest BCUT2D eigenvalue weighted by atomic mass is 10.1. The second-order valence-electron chi connectivity index (χ2n) is 8.81. The minimum absolute atomic E-state index is 0.225. The van der Waals surface area contributed by atoms with E-state index in [2.05, 4.69) is 5.32 Å². The number of hydrogen-bond donors (Lipinski definition) is 1. The van der Waals surface area contributed by atoms with Crippen molar-refractivity contribution in [1.82, 2.24) is 10.2 Å². The third-order valence-electron chi connectivity index (χ3n) is 6.13. The summed E-state index contributed by atoms with van der Waals surface area (Å²) in [5.74, 6) is -0.639. The fraction of sp³-hybridized carbons (Fsp3) is 0.357. The molecule has 0 saturated carbocycles. The molecule has 3 aromatic carbocycles. The van der Waals surface area contributed by atoms with Crippen molar-refractivity contribution in [3.63, 3.8) is 0 Å². The minimum atomic E-state index is -3.79. The third-order valence-corrected chi connectivity index (χ3v) is 7.26. The number of hydrogen-bond acceptors (Lipinski definition) is 4. The first-order chi connectivity index (χ1) is 17.3. The van der Waals surface area contributed by atoms with E-state index in [-0.39, 0.29) is 12.5 Å². The molecule has 0 heterocycles. The maximum Gasteiger partial charge on any atom is 0.244 e. The molecule has 0 radical (unpaired) electrons. The van der Waals surface area contributed by atoms with Gasteiger partial charge in [0.15, 0.2) is 0 Å². The molecule has 0 spiro atoms. The summed E-state index contributed by atoms with van der Waals surface area (Å²) in [6.45, 7) is 4.25. The summed E-state index contributed by atoms with van der Waals surface area (Å²) in [4.78, 5) is 28.3. The maximum absolute atomic E-state index is 13.7. The fourth-order valence-corrected chi connectivity index (χ4v) is 5.14. The van der Waals surface area contributed by atoms with Gasteiger partial charge in [-0.3, -0.25) is 13.9 Å². The number of anilines is 1. The molecule has 8 heteroatoms. The van der Waals surface area contributed by atoms with Crippen molar-refractivity contribution in [2.75, 3.05) is 30.2 Å². The van der Waals surface area contributed by atoms with Gasteiger partial charge in [0.05, 0.1) is 11.9 Å². The zero-order chi connectivity index (χ0) is 26.1. The standard InChI is InChI=1S/C28H35N3O4S/c1-4-19-29-28(33)25(5-2)30(20-18-22-12-7-6-8-13-22)27(32)21-31(36(3,34)35)26-17-11-15-23-14-9-10-16-24(23)26/h6-17,25H,4-5,18-21H2,1-3H3,(H,29,33)/t25-/m0/s1. The van der Waals surface area contributed by atoms with Crippen molar-refractivity contribution in [3.8, 4) is 0 Å². The Bertz CT molecular complexity index is 1270. The number of benzene rings is 3. The van der Waals surface area contributed by atoms with Gasteiger partial charge in [0.1, 0.15) is 12.6 Å². The van der Waals surface area contributed by atoms with Crippen LogP contribution in [0.2, 0.25) is 0 Å². The van der Waals surface area contributed by atoms with Gasteiger partial charge >= 0.3 is 0 Å². The van der Waals surface area contributed by atoms with Gasteiger partial charge < -0.3 is 10.2 Å². The van der Waals surface area contributed by atoms with E-state index < -0.39 is 22.0 Å². The van der Waals surface area contributed by atoms with Crippen LogP contribution in [0.4, 0.5) is 5.69 Å². The highest BCUT2D eigenvalue weighted by Crippen LogP contribution is 2.28. The summed E-state index contributed by atoms with van der Waals surface area (Å²) in [5.41, 5.74) is 1.48. The lowest BCUT2D eigenvalue weighted by molar-refractivity contribution is -0.139. The smallest absolute Gasteiger partial charge is 0.244 e. The van der Waals surface area contributed by atoms with E-state index in [1.807, 2.05) is 74.5 Å². The SMILES string of the molecule is CCCNC(=O)[C@H](CC)N(CCc1ccccc1)C(=O)CN(c1cccc2ccccc12)S(C)(=O)=O. The first-order valence-corrected chi connectivity index (χ1v) is 14.2. The summed E-state index contributed by atoms with van der Waals surface area (Å²) >= 11 is 0. The molecule has 192 valence electrons. The molecular weight excluding hydrogens is 474 g/mol. The lowest BCUT2D eigenvalue weighted by Gasteiger charge is -2.33. The molecule has 3 rings (SSSR count). The molecule has 0 unspecified atom stereocenters. The third kappa shape index (κ3) is 6.85. The van der Waals surface area contributed by atoms with Gasteiger partial charge in [0.25, 0.3) is 0 Å². The first kappa shape index (κ1) is 27.2. The quantitative estimate of drug-likeness (QED) is 0.400. The Labute approximate surface area is 214 Å². The van der Waals surface area contributed by atoms with Crippen LogP contribution >= 0.6 is 0 Å². The highest BCUT2D eigenvalue weighted by molar-refractivity contribution is 7.92. The van der Waals surface area contributed by atoms with Crippen molar-refractivity contribution >= 4 is 38.3 Å². The Morgan fingerprint density at radius 3 is 2.25 bits per heavy atom. The molecular formula is C28H35N3O4S. The average Bonchev–Trinajstić information content (AvgIpc) is 2.87. The van der Waals surface area contributed by atoms with Crippen molar-refractivity contribution < 1.29 is 18.0 Å². The van der Waals surface area contributed by atoms with Gasteiger partial charge in [0.2, 0.25) is 21.8 Å². The molecule has 0 aromatic heterocycles. The van der Waals surface area contributed by atoms with E-state index in [4.69, 9.17) is 0 Å². The van der Waals surface area contributed by atoms with Crippen molar-refractivity contribution in [3.05, 3.63) is 78.4 Å². The highest BCUT2D eigenvalue weighted by Gasteiger charge is 2.31. The van der Waals surface area contributed by atoms with E-state index in [1.54, 1.807) is 12.1 Å². The number of nitrogens with zero attached hydrogens (tertiary/aromatic N) is 2.